The number of nitrogens with zero attached hydrogens (tertiary/aromatic N) is 2. The van der Waals surface area contributed by atoms with E-state index in [1.165, 1.54) is 0 Å². The van der Waals surface area contributed by atoms with Crippen LogP contribution in [0, 0.1) is 5.92 Å². The molecule has 0 radical (unpaired) electrons. The molecule has 1 saturated heterocycles. The summed E-state index contributed by atoms with van der Waals surface area (Å²) in [7, 11) is 0. The first-order valence-electron chi connectivity index (χ1n) is 10.2. The van der Waals surface area contributed by atoms with Gasteiger partial charge >= 0.3 is 6.61 Å². The van der Waals surface area contributed by atoms with Gasteiger partial charge in [0.15, 0.2) is 0 Å². The Labute approximate surface area is 179 Å². The number of aromatic amines is 1. The highest BCUT2D eigenvalue weighted by atomic mass is 19.3. The lowest BCUT2D eigenvalue weighted by molar-refractivity contribution is -0.121. The molecule has 1 amide bonds. The minimum Gasteiger partial charge on any atom is -0.434 e. The number of halogens is 2. The van der Waals surface area contributed by atoms with Crippen LogP contribution in [-0.4, -0.2) is 40.7 Å². The van der Waals surface area contributed by atoms with Gasteiger partial charge in [0.25, 0.3) is 0 Å². The van der Waals surface area contributed by atoms with Gasteiger partial charge in [-0.2, -0.15) is 13.9 Å². The first kappa shape index (κ1) is 21.0. The third-order valence-corrected chi connectivity index (χ3v) is 5.42. The lowest BCUT2D eigenvalue weighted by Gasteiger charge is -2.32. The second-order valence-electron chi connectivity index (χ2n) is 7.60. The van der Waals surface area contributed by atoms with E-state index >= 15 is 0 Å². The number of aromatic nitrogens is 2. The van der Waals surface area contributed by atoms with Crippen molar-refractivity contribution >= 4 is 11.6 Å². The molecule has 3 aromatic rings. The molecule has 162 valence electrons. The minimum atomic E-state index is -2.86. The van der Waals surface area contributed by atoms with Crippen LogP contribution in [0.25, 0.3) is 11.3 Å². The van der Waals surface area contributed by atoms with Crippen LogP contribution in [0.5, 0.6) is 5.75 Å². The van der Waals surface area contributed by atoms with Crippen LogP contribution in [0.1, 0.15) is 18.4 Å². The van der Waals surface area contributed by atoms with Crippen LogP contribution in [-0.2, 0) is 11.3 Å². The van der Waals surface area contributed by atoms with Gasteiger partial charge in [0.05, 0.1) is 11.6 Å². The molecule has 2 N–H and O–H groups in total. The van der Waals surface area contributed by atoms with Crippen LogP contribution >= 0.6 is 0 Å². The van der Waals surface area contributed by atoms with E-state index in [1.807, 2.05) is 30.3 Å². The molecule has 0 bridgehead atoms. The van der Waals surface area contributed by atoms with Gasteiger partial charge in [-0.15, -0.1) is 0 Å². The Balaban J connectivity index is 1.36. The Hall–Kier alpha value is -3.26. The quantitative estimate of drug-likeness (QED) is 0.583. The molecule has 1 fully saturated rings. The lowest BCUT2D eigenvalue weighted by Crippen LogP contribution is -2.40. The Kier molecular flexibility index (Phi) is 6.57. The van der Waals surface area contributed by atoms with Gasteiger partial charge in [-0.25, -0.2) is 0 Å². The molecule has 31 heavy (non-hydrogen) atoms. The molecule has 4 rings (SSSR count). The summed E-state index contributed by atoms with van der Waals surface area (Å²) < 4.78 is 30.0. The molecule has 1 aliphatic heterocycles. The van der Waals surface area contributed by atoms with Gasteiger partial charge in [0, 0.05) is 30.5 Å². The number of hydrogen-bond donors (Lipinski definition) is 2. The van der Waals surface area contributed by atoms with Crippen LogP contribution in [0.15, 0.2) is 60.8 Å². The zero-order valence-electron chi connectivity index (χ0n) is 16.9. The molecular formula is C23H24F2N4O2. The number of likely N-dealkylation sites (tertiary alicyclic amines) is 1. The second-order valence-corrected chi connectivity index (χ2v) is 7.60. The SMILES string of the molecule is O=C(Nc1ccc(-c2ccn[nH]2)cc1)C1CCCN(Cc2ccccc2OC(F)F)C1. The van der Waals surface area contributed by atoms with Crippen molar-refractivity contribution in [2.45, 2.75) is 26.0 Å². The summed E-state index contributed by atoms with van der Waals surface area (Å²) >= 11 is 0. The molecule has 0 aliphatic carbocycles. The molecule has 2 aromatic carbocycles. The second kappa shape index (κ2) is 9.70. The van der Waals surface area contributed by atoms with E-state index in [0.29, 0.717) is 18.7 Å². The molecule has 0 saturated carbocycles. The van der Waals surface area contributed by atoms with Gasteiger partial charge in [-0.05, 0) is 49.2 Å². The number of ether oxygens (including phenoxy) is 1. The third-order valence-electron chi connectivity index (χ3n) is 5.42. The first-order chi connectivity index (χ1) is 15.1. The smallest absolute Gasteiger partial charge is 0.387 e. The summed E-state index contributed by atoms with van der Waals surface area (Å²) in [5.41, 5.74) is 3.33. The number of piperidine rings is 1. The number of nitrogens with one attached hydrogen (secondary N) is 2. The van der Waals surface area contributed by atoms with E-state index in [2.05, 4.69) is 25.2 Å². The Morgan fingerprint density at radius 2 is 2.00 bits per heavy atom. The molecule has 1 unspecified atom stereocenters. The molecule has 6 nitrogen and oxygen atoms in total. The Morgan fingerprint density at radius 3 is 2.74 bits per heavy atom. The van der Waals surface area contributed by atoms with Crippen molar-refractivity contribution in [3.05, 3.63) is 66.4 Å². The Bertz CT molecular complexity index is 993. The van der Waals surface area contributed by atoms with Gasteiger partial charge in [-0.1, -0.05) is 30.3 Å². The minimum absolute atomic E-state index is 0.0314. The first-order valence-corrected chi connectivity index (χ1v) is 10.2. The highest BCUT2D eigenvalue weighted by Gasteiger charge is 2.26. The molecule has 8 heteroatoms. The standard InChI is InChI=1S/C23H24F2N4O2/c24-23(25)31-21-6-2-1-4-17(21)14-29-13-3-5-18(15-29)22(30)27-19-9-7-16(8-10-19)20-11-12-26-28-20/h1-2,4,6-12,18,23H,3,5,13-15H2,(H,26,28)(H,27,30). The predicted molar refractivity (Wildman–Crippen MR) is 114 cm³/mol. The van der Waals surface area contributed by atoms with Gasteiger partial charge in [0.2, 0.25) is 5.91 Å². The topological polar surface area (TPSA) is 70.2 Å². The highest BCUT2D eigenvalue weighted by molar-refractivity contribution is 5.93. The van der Waals surface area contributed by atoms with Crippen molar-refractivity contribution in [2.75, 3.05) is 18.4 Å². The fraction of sp³-hybridized carbons (Fsp3) is 0.304. The van der Waals surface area contributed by atoms with E-state index in [4.69, 9.17) is 0 Å². The zero-order chi connectivity index (χ0) is 21.6. The lowest BCUT2D eigenvalue weighted by atomic mass is 9.96. The summed E-state index contributed by atoms with van der Waals surface area (Å²) in [5, 5.41) is 9.84. The van der Waals surface area contributed by atoms with E-state index < -0.39 is 6.61 Å². The van der Waals surface area contributed by atoms with Crippen LogP contribution in [0.4, 0.5) is 14.5 Å². The average Bonchev–Trinajstić information content (AvgIpc) is 3.30. The number of carbonyl (C=O) groups is 1. The number of amides is 1. The number of alkyl halides is 2. The van der Waals surface area contributed by atoms with E-state index in [9.17, 15) is 13.6 Å². The van der Waals surface area contributed by atoms with Crippen molar-refractivity contribution < 1.29 is 18.3 Å². The maximum absolute atomic E-state index is 12.8. The van der Waals surface area contributed by atoms with E-state index in [-0.39, 0.29) is 17.6 Å². The third kappa shape index (κ3) is 5.46. The van der Waals surface area contributed by atoms with Gasteiger partial charge in [0.1, 0.15) is 5.75 Å². The molecule has 0 spiro atoms. The molecule has 1 aromatic heterocycles. The van der Waals surface area contributed by atoms with Crippen molar-refractivity contribution in [3.63, 3.8) is 0 Å². The van der Waals surface area contributed by atoms with Crippen LogP contribution in [0.2, 0.25) is 0 Å². The van der Waals surface area contributed by atoms with E-state index in [0.717, 1.165) is 36.3 Å². The molecule has 2 heterocycles. The number of benzene rings is 2. The number of rotatable bonds is 7. The molecular weight excluding hydrogens is 402 g/mol. The highest BCUT2D eigenvalue weighted by Crippen LogP contribution is 2.26. The van der Waals surface area contributed by atoms with E-state index in [1.54, 1.807) is 30.5 Å². The van der Waals surface area contributed by atoms with Crippen molar-refractivity contribution in [3.8, 4) is 17.0 Å². The number of anilines is 1. The predicted octanol–water partition coefficient (Wildman–Crippen LogP) is 4.53. The fourth-order valence-electron chi connectivity index (χ4n) is 3.89. The molecule has 1 aliphatic rings. The van der Waals surface area contributed by atoms with Gasteiger partial charge in [-0.3, -0.25) is 14.8 Å². The summed E-state index contributed by atoms with van der Waals surface area (Å²) in [6, 6.07) is 16.3. The normalized spacial score (nSPS) is 16.9. The number of H-pyrrole nitrogens is 1. The number of hydrogen-bond acceptors (Lipinski definition) is 4. The monoisotopic (exact) mass is 426 g/mol. The zero-order valence-corrected chi connectivity index (χ0v) is 16.9. The summed E-state index contributed by atoms with van der Waals surface area (Å²) in [4.78, 5) is 14.9. The van der Waals surface area contributed by atoms with Crippen molar-refractivity contribution in [2.24, 2.45) is 5.92 Å². The summed E-state index contributed by atoms with van der Waals surface area (Å²) in [6.45, 7) is -1.01. The summed E-state index contributed by atoms with van der Waals surface area (Å²) in [5.74, 6) is -0.0123. The molecule has 1 atom stereocenters. The maximum atomic E-state index is 12.8. The number of para-hydroxylation sites is 1. The van der Waals surface area contributed by atoms with Crippen molar-refractivity contribution in [1.82, 2.24) is 15.1 Å². The summed E-state index contributed by atoms with van der Waals surface area (Å²) in [6.07, 6.45) is 3.36. The van der Waals surface area contributed by atoms with Crippen LogP contribution < -0.4 is 10.1 Å². The Morgan fingerprint density at radius 1 is 1.19 bits per heavy atom. The fourth-order valence-corrected chi connectivity index (χ4v) is 3.89. The maximum Gasteiger partial charge on any atom is 0.387 e. The largest absolute Gasteiger partial charge is 0.434 e. The van der Waals surface area contributed by atoms with Crippen molar-refractivity contribution in [1.29, 1.82) is 0 Å². The average molecular weight is 426 g/mol. The van der Waals surface area contributed by atoms with Crippen LogP contribution in [0.3, 0.4) is 0 Å². The number of carbonyl (C=O) groups excluding carboxylic acids is 1. The van der Waals surface area contributed by atoms with Gasteiger partial charge < -0.3 is 10.1 Å².